The van der Waals surface area contributed by atoms with Crippen molar-refractivity contribution in [3.63, 3.8) is 0 Å². The van der Waals surface area contributed by atoms with Crippen LogP contribution in [0.2, 0.25) is 5.02 Å². The van der Waals surface area contributed by atoms with Crippen LogP contribution in [-0.2, 0) is 4.79 Å². The van der Waals surface area contributed by atoms with Crippen molar-refractivity contribution in [1.29, 1.82) is 0 Å². The lowest BCUT2D eigenvalue weighted by Crippen LogP contribution is -2.10. The van der Waals surface area contributed by atoms with Crippen LogP contribution in [0.25, 0.3) is 22.6 Å². The van der Waals surface area contributed by atoms with Gasteiger partial charge in [0, 0.05) is 21.9 Å². The minimum atomic E-state index is 0.541. The molecule has 1 saturated heterocycles. The summed E-state index contributed by atoms with van der Waals surface area (Å²) in [5, 5.41) is 3.13. The first-order valence-corrected chi connectivity index (χ1v) is 10.4. The van der Waals surface area contributed by atoms with Crippen molar-refractivity contribution >= 4 is 50.8 Å². The van der Waals surface area contributed by atoms with Gasteiger partial charge in [0.15, 0.2) is 5.65 Å². The fraction of sp³-hybridized carbons (Fsp3) is 0.350. The van der Waals surface area contributed by atoms with Crippen molar-refractivity contribution < 1.29 is 4.79 Å². The fourth-order valence-corrected chi connectivity index (χ4v) is 3.28. The summed E-state index contributed by atoms with van der Waals surface area (Å²) in [5.41, 5.74) is 2.76. The first-order chi connectivity index (χ1) is 13.6. The number of hydrogen-bond acceptors (Lipinski definition) is 4. The van der Waals surface area contributed by atoms with Crippen LogP contribution in [0, 0.1) is 0 Å². The van der Waals surface area contributed by atoms with E-state index in [1.165, 1.54) is 25.9 Å². The smallest absolute Gasteiger partial charge is 0.211 e. The van der Waals surface area contributed by atoms with Crippen LogP contribution in [0.15, 0.2) is 34.9 Å². The van der Waals surface area contributed by atoms with E-state index in [1.807, 2.05) is 19.9 Å². The Morgan fingerprint density at radius 1 is 1.25 bits per heavy atom. The molecule has 4 rings (SSSR count). The Hall–Kier alpha value is -1.96. The van der Waals surface area contributed by atoms with E-state index in [2.05, 4.69) is 48.1 Å². The number of anilines is 1. The molecular formula is C20H25BrClN5O. The molecule has 6 nitrogen and oxygen atoms in total. The zero-order valence-electron chi connectivity index (χ0n) is 16.3. The first-order valence-electron chi connectivity index (χ1n) is 9.27. The summed E-state index contributed by atoms with van der Waals surface area (Å²) < 4.78 is 0.864. The molecular weight excluding hydrogens is 442 g/mol. The molecule has 8 heteroatoms. The molecule has 1 aliphatic heterocycles. The van der Waals surface area contributed by atoms with Crippen molar-refractivity contribution in [1.82, 2.24) is 19.9 Å². The third-order valence-corrected chi connectivity index (χ3v) is 4.84. The molecule has 1 aromatic carbocycles. The Balaban J connectivity index is 0.000000296. The molecule has 0 saturated carbocycles. The summed E-state index contributed by atoms with van der Waals surface area (Å²) in [6.45, 7) is 6.64. The van der Waals surface area contributed by atoms with Crippen molar-refractivity contribution in [3.05, 3.63) is 40.0 Å². The van der Waals surface area contributed by atoms with Gasteiger partial charge in [-0.1, -0.05) is 25.4 Å². The van der Waals surface area contributed by atoms with Gasteiger partial charge in [-0.05, 0) is 73.2 Å². The summed E-state index contributed by atoms with van der Waals surface area (Å²) in [4.78, 5) is 24.6. The van der Waals surface area contributed by atoms with E-state index in [4.69, 9.17) is 11.6 Å². The number of aromatic nitrogens is 3. The number of nitrogens with one attached hydrogen (secondary N) is 2. The van der Waals surface area contributed by atoms with Crippen LogP contribution in [0.3, 0.4) is 0 Å². The number of likely N-dealkylation sites (tertiary alicyclic amines) is 1. The highest BCUT2D eigenvalue weighted by Gasteiger charge is 2.11. The Morgan fingerprint density at radius 2 is 1.96 bits per heavy atom. The number of benzene rings is 1. The highest BCUT2D eigenvalue weighted by Crippen LogP contribution is 2.30. The molecule has 0 atom stereocenters. The van der Waals surface area contributed by atoms with E-state index in [-0.39, 0.29) is 0 Å². The second kappa shape index (κ2) is 11.1. The van der Waals surface area contributed by atoms with Crippen molar-refractivity contribution in [2.75, 3.05) is 25.5 Å². The number of carbonyl (C=O) groups excluding carboxylic acids is 1. The van der Waals surface area contributed by atoms with Crippen molar-refractivity contribution in [2.24, 2.45) is 0 Å². The third kappa shape index (κ3) is 6.02. The highest BCUT2D eigenvalue weighted by molar-refractivity contribution is 9.10. The monoisotopic (exact) mass is 465 g/mol. The van der Waals surface area contributed by atoms with E-state index >= 15 is 0 Å². The molecule has 150 valence electrons. The van der Waals surface area contributed by atoms with Crippen LogP contribution in [0.4, 0.5) is 5.69 Å². The third-order valence-electron chi connectivity index (χ3n) is 4.08. The van der Waals surface area contributed by atoms with Gasteiger partial charge < -0.3 is 15.2 Å². The lowest BCUT2D eigenvalue weighted by Gasteiger charge is -2.04. The van der Waals surface area contributed by atoms with Gasteiger partial charge in [0.25, 0.3) is 0 Å². The van der Waals surface area contributed by atoms with Gasteiger partial charge in [0.1, 0.15) is 5.82 Å². The second-order valence-electron chi connectivity index (χ2n) is 6.08. The number of aromatic amines is 1. The van der Waals surface area contributed by atoms with Gasteiger partial charge in [0.05, 0.1) is 10.5 Å². The normalized spacial score (nSPS) is 13.3. The summed E-state index contributed by atoms with van der Waals surface area (Å²) >= 11 is 9.54. The standard InChI is InChI=1S/C13H8BrClN4O.C5H11N.C2H6/c14-7-3-11-13(16-5-7)19-12(18-11)9-4-8(17-6-20)1-2-10(9)15;1-6-4-2-3-5-6;1-2/h1-6H,(H,17,20)(H,16,18,19);2-5H2,1H3;1-2H3. The molecule has 0 aliphatic carbocycles. The molecule has 0 unspecified atom stereocenters. The van der Waals surface area contributed by atoms with Gasteiger partial charge in [-0.25, -0.2) is 9.97 Å². The number of carbonyl (C=O) groups is 1. The van der Waals surface area contributed by atoms with Crippen LogP contribution in [0.1, 0.15) is 26.7 Å². The van der Waals surface area contributed by atoms with Crippen LogP contribution < -0.4 is 5.32 Å². The molecule has 0 radical (unpaired) electrons. The molecule has 2 N–H and O–H groups in total. The Bertz CT molecular complexity index is 909. The first kappa shape index (κ1) is 22.3. The molecule has 28 heavy (non-hydrogen) atoms. The lowest BCUT2D eigenvalue weighted by molar-refractivity contribution is -0.105. The summed E-state index contributed by atoms with van der Waals surface area (Å²) in [5.74, 6) is 0.602. The Morgan fingerprint density at radius 3 is 2.57 bits per heavy atom. The molecule has 3 aromatic rings. The molecule has 0 spiro atoms. The number of H-pyrrole nitrogens is 1. The van der Waals surface area contributed by atoms with Gasteiger partial charge in [-0.15, -0.1) is 0 Å². The number of imidazole rings is 1. The maximum absolute atomic E-state index is 10.5. The quantitative estimate of drug-likeness (QED) is 0.510. The zero-order chi connectivity index (χ0) is 20.5. The van der Waals surface area contributed by atoms with E-state index in [1.54, 1.807) is 24.4 Å². The van der Waals surface area contributed by atoms with E-state index in [0.717, 1.165) is 9.99 Å². The number of amides is 1. The topological polar surface area (TPSA) is 73.9 Å². The van der Waals surface area contributed by atoms with E-state index in [9.17, 15) is 4.79 Å². The number of rotatable bonds is 3. The fourth-order valence-electron chi connectivity index (χ4n) is 2.74. The SMILES string of the molecule is CC.CN1CCCC1.O=CNc1ccc(Cl)c(-c2nc3ncc(Br)cc3[nH]2)c1. The number of fused-ring (bicyclic) bond motifs is 1. The van der Waals surface area contributed by atoms with Crippen LogP contribution >= 0.6 is 27.5 Å². The molecule has 3 heterocycles. The molecule has 1 amide bonds. The van der Waals surface area contributed by atoms with Crippen molar-refractivity contribution in [2.45, 2.75) is 26.7 Å². The second-order valence-corrected chi connectivity index (χ2v) is 7.40. The summed E-state index contributed by atoms with van der Waals surface area (Å²) in [6, 6.07) is 7.07. The Labute approximate surface area is 178 Å². The molecule has 0 bridgehead atoms. The zero-order valence-corrected chi connectivity index (χ0v) is 18.6. The summed E-state index contributed by atoms with van der Waals surface area (Å²) in [7, 11) is 2.17. The van der Waals surface area contributed by atoms with Gasteiger partial charge >= 0.3 is 0 Å². The predicted molar refractivity (Wildman–Crippen MR) is 120 cm³/mol. The van der Waals surface area contributed by atoms with Crippen molar-refractivity contribution in [3.8, 4) is 11.4 Å². The summed E-state index contributed by atoms with van der Waals surface area (Å²) in [6.07, 6.45) is 5.12. The molecule has 1 fully saturated rings. The number of hydrogen-bond donors (Lipinski definition) is 2. The van der Waals surface area contributed by atoms with Gasteiger partial charge in [-0.2, -0.15) is 0 Å². The largest absolute Gasteiger partial charge is 0.336 e. The lowest BCUT2D eigenvalue weighted by atomic mass is 10.2. The maximum atomic E-state index is 10.5. The predicted octanol–water partition coefficient (Wildman–Crippen LogP) is 5.35. The van der Waals surface area contributed by atoms with E-state index in [0.29, 0.717) is 34.2 Å². The number of halogens is 2. The molecule has 2 aromatic heterocycles. The average molecular weight is 467 g/mol. The van der Waals surface area contributed by atoms with Crippen LogP contribution in [-0.4, -0.2) is 46.4 Å². The number of nitrogens with zero attached hydrogens (tertiary/aromatic N) is 3. The maximum Gasteiger partial charge on any atom is 0.211 e. The minimum Gasteiger partial charge on any atom is -0.336 e. The highest BCUT2D eigenvalue weighted by atomic mass is 79.9. The minimum absolute atomic E-state index is 0.541. The van der Waals surface area contributed by atoms with Gasteiger partial charge in [0.2, 0.25) is 6.41 Å². The average Bonchev–Trinajstić information content (AvgIpc) is 3.34. The molecule has 1 aliphatic rings. The van der Waals surface area contributed by atoms with Gasteiger partial charge in [-0.3, -0.25) is 4.79 Å². The van der Waals surface area contributed by atoms with E-state index < -0.39 is 0 Å². The Kier molecular flexibility index (Phi) is 8.89. The number of pyridine rings is 1. The van der Waals surface area contributed by atoms with Crippen LogP contribution in [0.5, 0.6) is 0 Å².